The number of amides is 4. The lowest BCUT2D eigenvalue weighted by atomic mass is 10.0. The molecule has 10 N–H and O–H groups in total. The van der Waals surface area contributed by atoms with Gasteiger partial charge in [0.15, 0.2) is 23.5 Å². The zero-order chi connectivity index (χ0) is 44.3. The summed E-state index contributed by atoms with van der Waals surface area (Å²) in [6.45, 7) is 6.95. The molecule has 3 unspecified atom stereocenters. The summed E-state index contributed by atoms with van der Waals surface area (Å²) in [5.74, 6) is -0.946. The Morgan fingerprint density at radius 1 is 1.08 bits per heavy atom. The first-order chi connectivity index (χ1) is 28.6. The zero-order valence-electron chi connectivity index (χ0n) is 34.5. The van der Waals surface area contributed by atoms with Crippen molar-refractivity contribution in [2.45, 2.75) is 82.9 Å². The fourth-order valence-corrected chi connectivity index (χ4v) is 6.58. The summed E-state index contributed by atoms with van der Waals surface area (Å²) in [4.78, 5) is 87.3. The van der Waals surface area contributed by atoms with Gasteiger partial charge < -0.3 is 61.6 Å². The van der Waals surface area contributed by atoms with Gasteiger partial charge >= 0.3 is 17.9 Å². The van der Waals surface area contributed by atoms with E-state index in [1.54, 1.807) is 31.3 Å². The molecule has 0 bridgehead atoms. The monoisotopic (exact) mass is 843 g/mol. The van der Waals surface area contributed by atoms with E-state index in [4.69, 9.17) is 25.7 Å². The Balaban J connectivity index is 1.32. The van der Waals surface area contributed by atoms with Crippen LogP contribution < -0.4 is 38.7 Å². The summed E-state index contributed by atoms with van der Waals surface area (Å²) in [5, 5.41) is 29.5. The van der Waals surface area contributed by atoms with Crippen LogP contribution in [0, 0.1) is 5.92 Å². The van der Waals surface area contributed by atoms with Gasteiger partial charge in [-0.3, -0.25) is 23.9 Å². The second-order valence-electron chi connectivity index (χ2n) is 14.7. The number of hydrogen-bond donors (Lipinski definition) is 8. The number of hydrogen-bond acceptors (Lipinski definition) is 15. The number of carbonyl (C=O) groups is 4. The number of fused-ring (bicyclic) bond motifs is 1. The number of nitrogens with one attached hydrogen (secondary N) is 4. The van der Waals surface area contributed by atoms with Crippen molar-refractivity contribution in [3.8, 4) is 0 Å². The smallest absolute Gasteiger partial charge is 0.410 e. The molecule has 22 nitrogen and oxygen atoms in total. The van der Waals surface area contributed by atoms with Gasteiger partial charge in [0.2, 0.25) is 17.8 Å². The molecule has 1 saturated heterocycles. The molecule has 4 rings (SSSR count). The second-order valence-corrected chi connectivity index (χ2v) is 14.7. The van der Waals surface area contributed by atoms with E-state index in [0.717, 1.165) is 14.0 Å². The van der Waals surface area contributed by atoms with Gasteiger partial charge in [0.05, 0.1) is 12.6 Å². The first-order valence-electron chi connectivity index (χ1n) is 19.5. The summed E-state index contributed by atoms with van der Waals surface area (Å²) in [7, 11) is 4.54. The van der Waals surface area contributed by atoms with Crippen LogP contribution in [-0.4, -0.2) is 141 Å². The van der Waals surface area contributed by atoms with Gasteiger partial charge in [-0.2, -0.15) is 4.98 Å². The molecule has 330 valence electrons. The third-order valence-electron chi connectivity index (χ3n) is 9.94. The minimum Gasteiger partial charge on any atom is -0.445 e. The number of nitrogen functional groups attached to an aromatic ring is 1. The number of allylic oxidation sites excluding steroid dienone is 1. The molecule has 6 atom stereocenters. The number of aromatic nitrogens is 4. The van der Waals surface area contributed by atoms with Gasteiger partial charge in [0, 0.05) is 39.4 Å². The van der Waals surface area contributed by atoms with Gasteiger partial charge in [-0.05, 0) is 56.5 Å². The molecule has 0 aliphatic carbocycles. The van der Waals surface area contributed by atoms with Crippen molar-refractivity contribution in [3.63, 3.8) is 0 Å². The largest absolute Gasteiger partial charge is 0.445 e. The molecule has 1 aliphatic rings. The Hall–Kier alpha value is -5.81. The van der Waals surface area contributed by atoms with Crippen molar-refractivity contribution >= 4 is 46.8 Å². The number of aliphatic hydroxyl groups is 2. The maximum atomic E-state index is 13.6. The Labute approximate surface area is 345 Å². The Morgan fingerprint density at radius 2 is 1.75 bits per heavy atom. The number of rotatable bonds is 20. The summed E-state index contributed by atoms with van der Waals surface area (Å²) < 4.78 is 18.8. The maximum absolute atomic E-state index is 13.6. The van der Waals surface area contributed by atoms with Gasteiger partial charge in [-0.1, -0.05) is 32.1 Å². The first kappa shape index (κ1) is 46.9. The Morgan fingerprint density at radius 3 is 2.35 bits per heavy atom. The number of anilines is 2. The zero-order valence-corrected chi connectivity index (χ0v) is 34.5. The third-order valence-corrected chi connectivity index (χ3v) is 9.94. The molecular formula is C38H57N11O11. The number of imidazole rings is 1. The van der Waals surface area contributed by atoms with Gasteiger partial charge in [-0.15, -0.1) is 6.58 Å². The number of ether oxygens (including phenoxy) is 3. The molecule has 4 amide bonds. The predicted molar refractivity (Wildman–Crippen MR) is 220 cm³/mol. The fourth-order valence-electron chi connectivity index (χ4n) is 6.58. The number of likely N-dealkylation sites (N-methyl/N-ethyl adjacent to an activating group) is 3. The van der Waals surface area contributed by atoms with Crippen molar-refractivity contribution in [1.29, 1.82) is 0 Å². The highest BCUT2D eigenvalue weighted by Crippen LogP contribution is 2.33. The molecular weight excluding hydrogens is 786 g/mol. The Kier molecular flexibility index (Phi) is 16.8. The average molecular weight is 844 g/mol. The number of unbranched alkanes of at least 4 members (excludes halogenated alkanes) is 1. The highest BCUT2D eigenvalue weighted by Gasteiger charge is 2.49. The highest BCUT2D eigenvalue weighted by molar-refractivity contribution is 5.97. The van der Waals surface area contributed by atoms with E-state index in [1.165, 1.54) is 25.1 Å². The number of nitrogens with zero attached hydrogens (tertiary/aromatic N) is 5. The molecule has 0 radical (unpaired) electrons. The molecule has 1 aliphatic heterocycles. The SMILES string of the molecule is C=CCn1c(=O)n(C2OC(CO)[C@@H](O)[C@H]2OC(=O)N(C)CCN(C)C(=O)OCc2ccc(NC(=O)[C@H](CCCCN)NC(=O)C(NC)C(C)C)cc2)c2nc(N)[nH]c(=O)c21. The van der Waals surface area contributed by atoms with Crippen LogP contribution in [0.1, 0.15) is 44.9 Å². The standard InChI is InChI=1S/C38H57N11O11/c1-7-16-48-27-30(44-35(40)45-33(27)54)49(36(48)55)34-29(28(51)25(19-50)59-34)60-38(57)47(6)18-17-46(5)37(56)58-20-22-11-13-23(14-12-22)42-31(52)24(10-8-9-15-39)43-32(53)26(41-4)21(2)3/h7,11-14,21,24-26,28-29,34,41,50-51H,1,8-10,15-20,39H2,2-6H3,(H,42,52)(H,43,53)(H3,40,44,45,54)/t24-,25?,26?,28+,29+,34?/m0/s1. The van der Waals surface area contributed by atoms with Crippen molar-refractivity contribution in [3.05, 3.63) is 63.3 Å². The normalized spacial score (nSPS) is 18.5. The molecule has 3 aromatic rings. The summed E-state index contributed by atoms with van der Waals surface area (Å²) in [6, 6.07) is 5.41. The van der Waals surface area contributed by atoms with Crippen LogP contribution in [0.25, 0.3) is 11.2 Å². The van der Waals surface area contributed by atoms with E-state index in [-0.39, 0.29) is 61.1 Å². The number of nitrogens with two attached hydrogens (primary N) is 2. The van der Waals surface area contributed by atoms with E-state index >= 15 is 0 Å². The Bertz CT molecular complexity index is 2080. The van der Waals surface area contributed by atoms with Crippen LogP contribution in [0.4, 0.5) is 21.2 Å². The highest BCUT2D eigenvalue weighted by atomic mass is 16.6. The number of carbonyl (C=O) groups excluding carboxylic acids is 4. The molecule has 22 heteroatoms. The lowest BCUT2D eigenvalue weighted by Crippen LogP contribution is -2.52. The average Bonchev–Trinajstić information content (AvgIpc) is 3.66. The van der Waals surface area contributed by atoms with Crippen molar-refractivity contribution < 1.29 is 43.6 Å². The van der Waals surface area contributed by atoms with Crippen molar-refractivity contribution in [2.75, 3.05) is 58.4 Å². The van der Waals surface area contributed by atoms with Gasteiger partial charge in [0.25, 0.3) is 5.56 Å². The first-order valence-corrected chi connectivity index (χ1v) is 19.5. The molecule has 60 heavy (non-hydrogen) atoms. The lowest BCUT2D eigenvalue weighted by molar-refractivity contribution is -0.128. The van der Waals surface area contributed by atoms with Gasteiger partial charge in [-0.25, -0.2) is 19.0 Å². The van der Waals surface area contributed by atoms with E-state index < -0.39 is 66.7 Å². The third kappa shape index (κ3) is 11.3. The number of H-pyrrole nitrogens is 1. The number of aliphatic hydroxyl groups excluding tert-OH is 2. The van der Waals surface area contributed by atoms with Crippen LogP contribution in [0.5, 0.6) is 0 Å². The van der Waals surface area contributed by atoms with E-state index in [2.05, 4.69) is 32.5 Å². The summed E-state index contributed by atoms with van der Waals surface area (Å²) in [6.07, 6.45) is -4.46. The van der Waals surface area contributed by atoms with Crippen LogP contribution >= 0.6 is 0 Å². The molecule has 0 spiro atoms. The molecule has 1 aromatic carbocycles. The number of benzene rings is 1. The van der Waals surface area contributed by atoms with Crippen LogP contribution in [0.3, 0.4) is 0 Å². The summed E-state index contributed by atoms with van der Waals surface area (Å²) in [5.41, 5.74) is 10.6. The fraction of sp³-hybridized carbons (Fsp3) is 0.553. The molecule has 3 heterocycles. The summed E-state index contributed by atoms with van der Waals surface area (Å²) >= 11 is 0. The van der Waals surface area contributed by atoms with Crippen LogP contribution in [-0.2, 0) is 37.0 Å². The second kappa shape index (κ2) is 21.4. The van der Waals surface area contributed by atoms with Crippen LogP contribution in [0.2, 0.25) is 0 Å². The topological polar surface area (TPSA) is 304 Å². The van der Waals surface area contributed by atoms with Crippen LogP contribution in [0.15, 0.2) is 46.5 Å². The van der Waals surface area contributed by atoms with E-state index in [9.17, 15) is 39.0 Å². The molecule has 1 fully saturated rings. The van der Waals surface area contributed by atoms with Crippen molar-refractivity contribution in [2.24, 2.45) is 11.7 Å². The minimum absolute atomic E-state index is 0.00247. The van der Waals surface area contributed by atoms with Gasteiger partial charge in [0.1, 0.15) is 24.9 Å². The number of aromatic amines is 1. The van der Waals surface area contributed by atoms with Crippen molar-refractivity contribution in [1.82, 2.24) is 39.5 Å². The minimum atomic E-state index is -1.60. The quantitative estimate of drug-likeness (QED) is 0.0521. The predicted octanol–water partition coefficient (Wildman–Crippen LogP) is -0.593. The molecule has 0 saturated carbocycles. The molecule has 2 aromatic heterocycles. The van der Waals surface area contributed by atoms with E-state index in [0.29, 0.717) is 37.1 Å². The lowest BCUT2D eigenvalue weighted by Gasteiger charge is -2.26. The van der Waals surface area contributed by atoms with E-state index in [1.807, 2.05) is 13.8 Å². The maximum Gasteiger partial charge on any atom is 0.410 e.